The highest BCUT2D eigenvalue weighted by molar-refractivity contribution is 5.72. The summed E-state index contributed by atoms with van der Waals surface area (Å²) in [5.74, 6) is 3.79. The van der Waals surface area contributed by atoms with Crippen molar-refractivity contribution >= 4 is 12.1 Å². The Balaban J connectivity index is 1.38. The van der Waals surface area contributed by atoms with E-state index in [4.69, 9.17) is 33.2 Å². The summed E-state index contributed by atoms with van der Waals surface area (Å²) in [4.78, 5) is 25.6. The fraction of sp³-hybridized carbons (Fsp3) is 0.714. The summed E-state index contributed by atoms with van der Waals surface area (Å²) in [6.07, 6.45) is 6.88. The molecule has 12 atom stereocenters. The zero-order valence-electron chi connectivity index (χ0n) is 27.9. The summed E-state index contributed by atoms with van der Waals surface area (Å²) in [6, 6.07) is -0.437. The van der Waals surface area contributed by atoms with Crippen molar-refractivity contribution in [3.8, 4) is 11.8 Å². The van der Waals surface area contributed by atoms with Crippen LogP contribution in [0.4, 0.5) is 4.79 Å². The SMILES string of the molecule is CO[C@@H]1/C=C(\C)C[C@H](/C=C/C=C/C#CC2CC2)OC(=O)C[C@]2(O)C[C@H](O[C@@H]3O[C@@H](C)[C@H]4NC(=O)O[C@@]4(C)[C@H]3OC)[C@@H](C)[C@H](O2)[C@@H]1C. The van der Waals surface area contributed by atoms with Gasteiger partial charge in [-0.3, -0.25) is 4.79 Å². The van der Waals surface area contributed by atoms with E-state index in [0.29, 0.717) is 12.3 Å². The maximum atomic E-state index is 13.3. The molecule has 11 heteroatoms. The monoisotopic (exact) mass is 643 g/mol. The van der Waals surface area contributed by atoms with Crippen molar-refractivity contribution in [2.75, 3.05) is 14.2 Å². The van der Waals surface area contributed by atoms with E-state index in [-0.39, 0.29) is 24.4 Å². The third-order valence-electron chi connectivity index (χ3n) is 9.84. The molecule has 4 heterocycles. The van der Waals surface area contributed by atoms with Crippen LogP contribution < -0.4 is 5.32 Å². The molecule has 0 aromatic rings. The van der Waals surface area contributed by atoms with E-state index in [1.54, 1.807) is 20.1 Å². The maximum absolute atomic E-state index is 13.3. The Morgan fingerprint density at radius 1 is 1.11 bits per heavy atom. The third-order valence-corrected chi connectivity index (χ3v) is 9.84. The maximum Gasteiger partial charge on any atom is 0.408 e. The second-order valence-electron chi connectivity index (χ2n) is 13.6. The summed E-state index contributed by atoms with van der Waals surface area (Å²) in [5.41, 5.74) is -0.0574. The number of alkyl carbamates (subject to hydrolysis) is 1. The predicted molar refractivity (Wildman–Crippen MR) is 167 cm³/mol. The lowest BCUT2D eigenvalue weighted by molar-refractivity contribution is -0.348. The number of hydrogen-bond donors (Lipinski definition) is 2. The van der Waals surface area contributed by atoms with Crippen molar-refractivity contribution in [3.63, 3.8) is 0 Å². The molecule has 254 valence electrons. The Hall–Kier alpha value is -2.72. The first-order valence-corrected chi connectivity index (χ1v) is 16.3. The number of nitrogens with one attached hydrogen (secondary N) is 1. The first-order valence-electron chi connectivity index (χ1n) is 16.3. The number of aliphatic hydroxyl groups is 1. The fourth-order valence-electron chi connectivity index (χ4n) is 7.18. The molecule has 0 unspecified atom stereocenters. The molecule has 0 aromatic heterocycles. The van der Waals surface area contributed by atoms with Gasteiger partial charge in [-0.2, -0.15) is 0 Å². The Morgan fingerprint density at radius 2 is 1.87 bits per heavy atom. The molecule has 0 spiro atoms. The molecule has 1 saturated carbocycles. The zero-order valence-corrected chi connectivity index (χ0v) is 27.9. The van der Waals surface area contributed by atoms with Crippen LogP contribution in [0.5, 0.6) is 0 Å². The van der Waals surface area contributed by atoms with Crippen LogP contribution in [0.15, 0.2) is 36.0 Å². The van der Waals surface area contributed by atoms with Crippen molar-refractivity contribution in [1.29, 1.82) is 0 Å². The number of carbonyl (C=O) groups is 2. The Labute approximate surface area is 272 Å². The fourth-order valence-corrected chi connectivity index (χ4v) is 7.18. The lowest BCUT2D eigenvalue weighted by Gasteiger charge is -2.51. The smallest absolute Gasteiger partial charge is 0.408 e. The summed E-state index contributed by atoms with van der Waals surface area (Å²) in [7, 11) is 3.15. The van der Waals surface area contributed by atoms with Crippen molar-refractivity contribution in [1.82, 2.24) is 5.32 Å². The van der Waals surface area contributed by atoms with Gasteiger partial charge in [0, 0.05) is 44.8 Å². The normalized spacial score (nSPS) is 44.5. The van der Waals surface area contributed by atoms with E-state index >= 15 is 0 Å². The lowest BCUT2D eigenvalue weighted by atomic mass is 9.79. The molecule has 4 aliphatic heterocycles. The first-order chi connectivity index (χ1) is 21.9. The molecule has 2 bridgehead atoms. The van der Waals surface area contributed by atoms with Gasteiger partial charge in [0.25, 0.3) is 0 Å². The van der Waals surface area contributed by atoms with Crippen molar-refractivity contribution in [3.05, 3.63) is 36.0 Å². The van der Waals surface area contributed by atoms with Crippen LogP contribution in [0, 0.1) is 29.6 Å². The second kappa shape index (κ2) is 14.2. The van der Waals surface area contributed by atoms with Gasteiger partial charge in [0.05, 0.1) is 30.8 Å². The topological polar surface area (TPSA) is 131 Å². The number of carbonyl (C=O) groups excluding carboxylic acids is 2. The first kappa shape index (κ1) is 34.6. The Bertz CT molecular complexity index is 1280. The number of fused-ring (bicyclic) bond motifs is 3. The van der Waals surface area contributed by atoms with Crippen LogP contribution in [0.3, 0.4) is 0 Å². The number of allylic oxidation sites excluding steroid dienone is 3. The van der Waals surface area contributed by atoms with Gasteiger partial charge in [0.15, 0.2) is 17.7 Å². The molecule has 5 rings (SSSR count). The van der Waals surface area contributed by atoms with E-state index in [1.807, 2.05) is 52.0 Å². The minimum absolute atomic E-state index is 0.0231. The standard InChI is InChI=1S/C35H49NO10/c1-20-16-25(13-11-9-8-10-12-24-14-15-24)43-28(37)19-35(39)18-27(22(3)29(45-35)21(2)26(17-20)40-6)44-32-31(41-7)34(5)30(23(4)42-32)36-33(38)46-34/h8-9,11,13,17,21-27,29-32,39H,14-16,18-19H2,1-7H3,(H,36,38)/b9-8+,13-11+,20-17+/t21-,22-,23+,25+,26-,27+,29-,30-,31+,32+,34-,35+/m1/s1. The molecule has 5 aliphatic rings. The van der Waals surface area contributed by atoms with Gasteiger partial charge in [0.2, 0.25) is 0 Å². The molecule has 4 fully saturated rings. The Morgan fingerprint density at radius 3 is 2.57 bits per heavy atom. The minimum atomic E-state index is -1.88. The van der Waals surface area contributed by atoms with E-state index in [9.17, 15) is 14.7 Å². The van der Waals surface area contributed by atoms with E-state index in [1.165, 1.54) is 20.0 Å². The highest BCUT2D eigenvalue weighted by Crippen LogP contribution is 2.44. The summed E-state index contributed by atoms with van der Waals surface area (Å²) < 4.78 is 42.5. The number of amides is 1. The highest BCUT2D eigenvalue weighted by atomic mass is 16.7. The molecular weight excluding hydrogens is 594 g/mol. The van der Waals surface area contributed by atoms with E-state index < -0.39 is 72.7 Å². The van der Waals surface area contributed by atoms with Crippen LogP contribution >= 0.6 is 0 Å². The molecule has 3 saturated heterocycles. The average molecular weight is 644 g/mol. The van der Waals surface area contributed by atoms with Crippen LogP contribution in [0.1, 0.15) is 66.7 Å². The largest absolute Gasteiger partial charge is 0.458 e. The van der Waals surface area contributed by atoms with Gasteiger partial charge < -0.3 is 43.6 Å². The van der Waals surface area contributed by atoms with Gasteiger partial charge in [-0.05, 0) is 45.8 Å². The van der Waals surface area contributed by atoms with Gasteiger partial charge in [0.1, 0.15) is 18.2 Å². The quantitative estimate of drug-likeness (QED) is 0.190. The number of cyclic esters (lactones) is 1. The zero-order chi connectivity index (χ0) is 33.2. The van der Waals surface area contributed by atoms with Crippen LogP contribution in [-0.2, 0) is 38.0 Å². The van der Waals surface area contributed by atoms with Gasteiger partial charge in [-0.1, -0.05) is 49.5 Å². The molecule has 46 heavy (non-hydrogen) atoms. The summed E-state index contributed by atoms with van der Waals surface area (Å²) in [5, 5.41) is 14.7. The molecule has 1 aliphatic carbocycles. The van der Waals surface area contributed by atoms with Crippen LogP contribution in [0.25, 0.3) is 0 Å². The molecule has 0 aromatic carbocycles. The van der Waals surface area contributed by atoms with E-state index in [2.05, 4.69) is 17.2 Å². The average Bonchev–Trinajstić information content (AvgIpc) is 3.75. The van der Waals surface area contributed by atoms with E-state index in [0.717, 1.165) is 5.57 Å². The highest BCUT2D eigenvalue weighted by Gasteiger charge is 2.61. The van der Waals surface area contributed by atoms with Crippen molar-refractivity contribution < 1.29 is 47.9 Å². The second-order valence-corrected chi connectivity index (χ2v) is 13.6. The summed E-state index contributed by atoms with van der Waals surface area (Å²) >= 11 is 0. The van der Waals surface area contributed by atoms with Gasteiger partial charge in [-0.25, -0.2) is 4.79 Å². The molecule has 1 amide bonds. The molecule has 11 nitrogen and oxygen atoms in total. The number of hydrogen-bond acceptors (Lipinski definition) is 10. The van der Waals surface area contributed by atoms with Crippen molar-refractivity contribution in [2.45, 2.75) is 127 Å². The number of rotatable bonds is 6. The molecule has 2 N–H and O–H groups in total. The van der Waals surface area contributed by atoms with Gasteiger partial charge in [-0.15, -0.1) is 0 Å². The molecule has 0 radical (unpaired) electrons. The minimum Gasteiger partial charge on any atom is -0.458 e. The Kier molecular flexibility index (Phi) is 10.7. The van der Waals surface area contributed by atoms with Gasteiger partial charge >= 0.3 is 12.1 Å². The molecular formula is C35H49NO10. The lowest BCUT2D eigenvalue weighted by Crippen LogP contribution is -2.67. The number of methoxy groups -OCH3 is 2. The van der Waals surface area contributed by atoms with Crippen LogP contribution in [0.2, 0.25) is 0 Å². The van der Waals surface area contributed by atoms with Crippen LogP contribution in [-0.4, -0.2) is 91.7 Å². The predicted octanol–water partition coefficient (Wildman–Crippen LogP) is 3.94. The number of ether oxygens (including phenoxy) is 7. The van der Waals surface area contributed by atoms with Crippen molar-refractivity contribution in [2.24, 2.45) is 17.8 Å². The third kappa shape index (κ3) is 7.70. The number of esters is 1. The summed E-state index contributed by atoms with van der Waals surface area (Å²) in [6.45, 7) is 9.60.